The van der Waals surface area contributed by atoms with Crippen molar-refractivity contribution in [2.45, 2.75) is 50.5 Å². The second-order valence-electron chi connectivity index (χ2n) is 5.99. The second-order valence-corrected chi connectivity index (χ2v) is 6.42. The third-order valence-electron chi connectivity index (χ3n) is 4.17. The Bertz CT molecular complexity index is 589. The Morgan fingerprint density at radius 3 is 2.73 bits per heavy atom. The summed E-state index contributed by atoms with van der Waals surface area (Å²) in [6, 6.07) is 6.89. The van der Waals surface area contributed by atoms with Crippen molar-refractivity contribution < 1.29 is 14.7 Å². The first-order chi connectivity index (χ1) is 10.5. The number of hydrogen-bond donors (Lipinski definition) is 2. The number of ketones is 1. The summed E-state index contributed by atoms with van der Waals surface area (Å²) in [6.45, 7) is 0.398. The largest absolute Gasteiger partial charge is 0.378 e. The Morgan fingerprint density at radius 2 is 2.05 bits per heavy atom. The van der Waals surface area contributed by atoms with E-state index in [0.29, 0.717) is 24.4 Å². The molecule has 1 aromatic carbocycles. The lowest BCUT2D eigenvalue weighted by atomic mass is 10.1. The molecule has 1 saturated carbocycles. The summed E-state index contributed by atoms with van der Waals surface area (Å²) in [4.78, 5) is 26.0. The highest BCUT2D eigenvalue weighted by atomic mass is 35.5. The van der Waals surface area contributed by atoms with Crippen molar-refractivity contribution in [2.75, 3.05) is 0 Å². The van der Waals surface area contributed by atoms with Crippen LogP contribution in [0.25, 0.3) is 0 Å². The van der Waals surface area contributed by atoms with E-state index < -0.39 is 24.0 Å². The standard InChI is InChI=1S/C16H19ClN2O3/c17-11-3-1-2-10(8-11)9-19-13(6-7-14(19)20)15(21)16(22)18-12-4-5-12/h1-3,8,12-14,20H,4-7,9H2,(H,18,22). The molecule has 1 aliphatic carbocycles. The van der Waals surface area contributed by atoms with Crippen molar-refractivity contribution in [2.24, 2.45) is 0 Å². The molecule has 1 heterocycles. The number of nitrogens with zero attached hydrogens (tertiary/aromatic N) is 1. The molecule has 2 aliphatic rings. The van der Waals surface area contributed by atoms with Crippen LogP contribution in [0.5, 0.6) is 0 Å². The fourth-order valence-electron chi connectivity index (χ4n) is 2.83. The van der Waals surface area contributed by atoms with E-state index >= 15 is 0 Å². The van der Waals surface area contributed by atoms with E-state index in [1.807, 2.05) is 12.1 Å². The number of Topliss-reactive ketones (excluding diaryl/α,β-unsaturated/α-hetero) is 1. The zero-order chi connectivity index (χ0) is 15.7. The first-order valence-corrected chi connectivity index (χ1v) is 7.95. The maximum Gasteiger partial charge on any atom is 0.289 e. The first-order valence-electron chi connectivity index (χ1n) is 7.57. The van der Waals surface area contributed by atoms with Gasteiger partial charge in [0.2, 0.25) is 5.78 Å². The minimum atomic E-state index is -0.707. The highest BCUT2D eigenvalue weighted by Gasteiger charge is 2.40. The van der Waals surface area contributed by atoms with Gasteiger partial charge in [0.05, 0.1) is 6.04 Å². The molecule has 1 amide bonds. The maximum absolute atomic E-state index is 12.3. The number of nitrogens with one attached hydrogen (secondary N) is 1. The van der Waals surface area contributed by atoms with Crippen molar-refractivity contribution >= 4 is 23.3 Å². The van der Waals surface area contributed by atoms with E-state index in [-0.39, 0.29) is 6.04 Å². The number of carbonyl (C=O) groups excluding carboxylic acids is 2. The summed E-state index contributed by atoms with van der Waals surface area (Å²) in [5.41, 5.74) is 0.911. The number of carbonyl (C=O) groups is 2. The van der Waals surface area contributed by atoms with Crippen LogP contribution in [-0.4, -0.2) is 40.0 Å². The molecular weight excluding hydrogens is 304 g/mol. The Kier molecular flexibility index (Phi) is 4.47. The quantitative estimate of drug-likeness (QED) is 0.806. The molecule has 2 unspecified atom stereocenters. The van der Waals surface area contributed by atoms with Gasteiger partial charge in [0.25, 0.3) is 5.91 Å². The minimum absolute atomic E-state index is 0.157. The zero-order valence-electron chi connectivity index (χ0n) is 12.2. The molecule has 118 valence electrons. The van der Waals surface area contributed by atoms with Crippen LogP contribution >= 0.6 is 11.6 Å². The van der Waals surface area contributed by atoms with Gasteiger partial charge >= 0.3 is 0 Å². The predicted octanol–water partition coefficient (Wildman–Crippen LogP) is 1.47. The van der Waals surface area contributed by atoms with Crippen LogP contribution in [0.3, 0.4) is 0 Å². The van der Waals surface area contributed by atoms with Gasteiger partial charge in [-0.15, -0.1) is 0 Å². The summed E-state index contributed by atoms with van der Waals surface area (Å²) in [5.74, 6) is -0.983. The van der Waals surface area contributed by atoms with Gasteiger partial charge in [0, 0.05) is 17.6 Å². The molecule has 0 spiro atoms. The van der Waals surface area contributed by atoms with Gasteiger partial charge in [0.15, 0.2) is 0 Å². The van der Waals surface area contributed by atoms with Crippen molar-refractivity contribution in [1.82, 2.24) is 10.2 Å². The van der Waals surface area contributed by atoms with Gasteiger partial charge in [-0.25, -0.2) is 0 Å². The van der Waals surface area contributed by atoms with Crippen LogP contribution < -0.4 is 5.32 Å². The molecule has 0 aromatic heterocycles. The van der Waals surface area contributed by atoms with Crippen LogP contribution in [0.15, 0.2) is 24.3 Å². The van der Waals surface area contributed by atoms with E-state index in [1.54, 1.807) is 17.0 Å². The van der Waals surface area contributed by atoms with Crippen molar-refractivity contribution in [3.05, 3.63) is 34.9 Å². The second kappa shape index (κ2) is 6.36. The minimum Gasteiger partial charge on any atom is -0.378 e. The molecule has 1 saturated heterocycles. The zero-order valence-corrected chi connectivity index (χ0v) is 12.9. The number of aliphatic hydroxyl groups excluding tert-OH is 1. The summed E-state index contributed by atoms with van der Waals surface area (Å²) >= 11 is 5.97. The van der Waals surface area contributed by atoms with Crippen molar-refractivity contribution in [1.29, 1.82) is 0 Å². The number of likely N-dealkylation sites (tertiary alicyclic amines) is 1. The van der Waals surface area contributed by atoms with E-state index in [2.05, 4.69) is 5.32 Å². The first kappa shape index (κ1) is 15.5. The smallest absolute Gasteiger partial charge is 0.289 e. The molecular formula is C16H19ClN2O3. The van der Waals surface area contributed by atoms with Gasteiger partial charge in [-0.1, -0.05) is 23.7 Å². The van der Waals surface area contributed by atoms with Gasteiger partial charge in [0.1, 0.15) is 6.23 Å². The van der Waals surface area contributed by atoms with Crippen LogP contribution in [0, 0.1) is 0 Å². The van der Waals surface area contributed by atoms with Crippen LogP contribution in [-0.2, 0) is 16.1 Å². The third kappa shape index (κ3) is 3.48. The fraction of sp³-hybridized carbons (Fsp3) is 0.500. The van der Waals surface area contributed by atoms with Crippen LogP contribution in [0.1, 0.15) is 31.2 Å². The molecule has 0 bridgehead atoms. The molecule has 1 aromatic rings. The normalized spacial score (nSPS) is 25.2. The van der Waals surface area contributed by atoms with E-state index in [4.69, 9.17) is 11.6 Å². The average Bonchev–Trinajstić information content (AvgIpc) is 3.22. The molecule has 2 N–H and O–H groups in total. The lowest BCUT2D eigenvalue weighted by Crippen LogP contribution is -2.46. The van der Waals surface area contributed by atoms with Crippen molar-refractivity contribution in [3.63, 3.8) is 0 Å². The Hall–Kier alpha value is -1.43. The number of benzene rings is 1. The highest BCUT2D eigenvalue weighted by molar-refractivity contribution is 6.38. The van der Waals surface area contributed by atoms with Gasteiger partial charge in [-0.3, -0.25) is 14.5 Å². The monoisotopic (exact) mass is 322 g/mol. The SMILES string of the molecule is O=C(NC1CC1)C(=O)C1CCC(O)N1Cc1cccc(Cl)c1. The molecule has 22 heavy (non-hydrogen) atoms. The Morgan fingerprint density at radius 1 is 1.27 bits per heavy atom. The molecule has 1 aliphatic heterocycles. The molecule has 2 atom stereocenters. The highest BCUT2D eigenvalue weighted by Crippen LogP contribution is 2.27. The lowest BCUT2D eigenvalue weighted by molar-refractivity contribution is -0.142. The summed E-state index contributed by atoms with van der Waals surface area (Å²) in [6.07, 6.45) is 2.17. The number of rotatable bonds is 5. The topological polar surface area (TPSA) is 69.6 Å². The Balaban J connectivity index is 1.69. The molecule has 2 fully saturated rings. The average molecular weight is 323 g/mol. The van der Waals surface area contributed by atoms with Gasteiger partial charge < -0.3 is 10.4 Å². The lowest BCUT2D eigenvalue weighted by Gasteiger charge is -2.26. The summed E-state index contributed by atoms with van der Waals surface area (Å²) in [5, 5.41) is 13.5. The summed E-state index contributed by atoms with van der Waals surface area (Å²) in [7, 11) is 0. The Labute approximate surface area is 134 Å². The molecule has 6 heteroatoms. The predicted molar refractivity (Wildman–Crippen MR) is 82.2 cm³/mol. The number of halogens is 1. The molecule has 5 nitrogen and oxygen atoms in total. The fourth-order valence-corrected chi connectivity index (χ4v) is 3.04. The molecule has 0 radical (unpaired) electrons. The molecule has 3 rings (SSSR count). The summed E-state index contributed by atoms with van der Waals surface area (Å²) < 4.78 is 0. The van der Waals surface area contributed by atoms with Gasteiger partial charge in [-0.05, 0) is 43.4 Å². The third-order valence-corrected chi connectivity index (χ3v) is 4.41. The number of hydrogen-bond acceptors (Lipinski definition) is 4. The van der Waals surface area contributed by atoms with E-state index in [1.165, 1.54) is 0 Å². The van der Waals surface area contributed by atoms with E-state index in [9.17, 15) is 14.7 Å². The maximum atomic E-state index is 12.3. The number of amides is 1. The van der Waals surface area contributed by atoms with Crippen LogP contribution in [0.2, 0.25) is 5.02 Å². The number of aliphatic hydroxyl groups is 1. The van der Waals surface area contributed by atoms with E-state index in [0.717, 1.165) is 18.4 Å². The van der Waals surface area contributed by atoms with Crippen molar-refractivity contribution in [3.8, 4) is 0 Å². The van der Waals surface area contributed by atoms with Crippen LogP contribution in [0.4, 0.5) is 0 Å². The van der Waals surface area contributed by atoms with Gasteiger partial charge in [-0.2, -0.15) is 0 Å².